The molecule has 2 aromatic rings. The minimum absolute atomic E-state index is 0.0983. The largest absolute Gasteiger partial charge is 0.451 e. The molecule has 6 heteroatoms. The lowest BCUT2D eigenvalue weighted by Crippen LogP contribution is -2.53. The van der Waals surface area contributed by atoms with E-state index in [0.29, 0.717) is 37.5 Å². The summed E-state index contributed by atoms with van der Waals surface area (Å²) >= 11 is 0. The molecule has 0 unspecified atom stereocenters. The van der Waals surface area contributed by atoms with Crippen molar-refractivity contribution >= 4 is 11.8 Å². The third-order valence-electron chi connectivity index (χ3n) is 4.44. The predicted molar refractivity (Wildman–Crippen MR) is 96.0 cm³/mol. The average molecular weight is 358 g/mol. The molecule has 1 aliphatic heterocycles. The van der Waals surface area contributed by atoms with Crippen molar-refractivity contribution in [1.29, 1.82) is 0 Å². The van der Waals surface area contributed by atoms with Gasteiger partial charge in [0.15, 0.2) is 5.76 Å². The van der Waals surface area contributed by atoms with E-state index >= 15 is 0 Å². The molecule has 0 saturated carbocycles. The molecule has 0 aliphatic carbocycles. The van der Waals surface area contributed by atoms with Crippen LogP contribution < -0.4 is 0 Å². The molecule has 5 nitrogen and oxygen atoms in total. The maximum absolute atomic E-state index is 13.0. The Morgan fingerprint density at radius 1 is 0.923 bits per heavy atom. The fourth-order valence-corrected chi connectivity index (χ4v) is 2.96. The average Bonchev–Trinajstić information content (AvgIpc) is 3.10. The van der Waals surface area contributed by atoms with Crippen molar-refractivity contribution < 1.29 is 18.4 Å². The predicted octanol–water partition coefficient (Wildman–Crippen LogP) is 3.42. The Bertz CT molecular complexity index is 797. The smallest absolute Gasteiger partial charge is 0.289 e. The molecule has 1 aliphatic rings. The number of carbonyl (C=O) groups is 2. The minimum atomic E-state index is -0.419. The molecule has 1 saturated heterocycles. The molecule has 0 radical (unpaired) electrons. The molecule has 26 heavy (non-hydrogen) atoms. The van der Waals surface area contributed by atoms with E-state index in [1.807, 2.05) is 20.8 Å². The number of hydrogen-bond donors (Lipinski definition) is 0. The van der Waals surface area contributed by atoms with E-state index in [0.717, 1.165) is 0 Å². The summed E-state index contributed by atoms with van der Waals surface area (Å²) in [5, 5.41) is 0. The highest BCUT2D eigenvalue weighted by Gasteiger charge is 2.31. The number of piperazine rings is 1. The maximum Gasteiger partial charge on any atom is 0.289 e. The van der Waals surface area contributed by atoms with Gasteiger partial charge in [0.05, 0.1) is 0 Å². The van der Waals surface area contributed by atoms with Crippen molar-refractivity contribution in [2.45, 2.75) is 20.8 Å². The van der Waals surface area contributed by atoms with E-state index in [2.05, 4.69) is 0 Å². The van der Waals surface area contributed by atoms with Crippen LogP contribution in [-0.2, 0) is 4.79 Å². The second-order valence-electron chi connectivity index (χ2n) is 7.51. The van der Waals surface area contributed by atoms with Gasteiger partial charge in [-0.1, -0.05) is 20.8 Å². The second-order valence-corrected chi connectivity index (χ2v) is 7.51. The van der Waals surface area contributed by atoms with Gasteiger partial charge in [0.2, 0.25) is 5.91 Å². The highest BCUT2D eigenvalue weighted by molar-refractivity contribution is 5.92. The lowest BCUT2D eigenvalue weighted by molar-refractivity contribution is -0.140. The highest BCUT2D eigenvalue weighted by Crippen LogP contribution is 2.24. The van der Waals surface area contributed by atoms with E-state index in [1.165, 1.54) is 12.1 Å². The standard InChI is InChI=1S/C20H23FN2O3/c1-20(2,3)19(25)23-12-10-22(11-13-23)18(24)17-9-8-16(26-17)14-4-6-15(21)7-5-14/h4-9H,10-13H2,1-3H3. The summed E-state index contributed by atoms with van der Waals surface area (Å²) in [5.74, 6) is 0.358. The number of hydrogen-bond acceptors (Lipinski definition) is 3. The van der Waals surface area contributed by atoms with E-state index in [9.17, 15) is 14.0 Å². The van der Waals surface area contributed by atoms with Crippen molar-refractivity contribution in [3.8, 4) is 11.3 Å². The molecule has 1 aromatic carbocycles. The van der Waals surface area contributed by atoms with Crippen LogP contribution in [0, 0.1) is 11.2 Å². The Labute approximate surface area is 152 Å². The van der Waals surface area contributed by atoms with Gasteiger partial charge >= 0.3 is 0 Å². The van der Waals surface area contributed by atoms with Crippen LogP contribution >= 0.6 is 0 Å². The van der Waals surface area contributed by atoms with Crippen molar-refractivity contribution in [2.75, 3.05) is 26.2 Å². The third kappa shape index (κ3) is 3.79. The van der Waals surface area contributed by atoms with Crippen LogP contribution in [0.1, 0.15) is 31.3 Å². The van der Waals surface area contributed by atoms with Crippen LogP contribution in [0.2, 0.25) is 0 Å². The Kier molecular flexibility index (Phi) is 4.85. The molecule has 1 fully saturated rings. The first-order valence-corrected chi connectivity index (χ1v) is 8.70. The van der Waals surface area contributed by atoms with Gasteiger partial charge in [0, 0.05) is 37.2 Å². The molecule has 0 bridgehead atoms. The number of rotatable bonds is 2. The zero-order chi connectivity index (χ0) is 18.9. The van der Waals surface area contributed by atoms with Gasteiger partial charge in [-0.15, -0.1) is 0 Å². The van der Waals surface area contributed by atoms with Crippen molar-refractivity contribution in [3.63, 3.8) is 0 Å². The molecule has 1 aromatic heterocycles. The lowest BCUT2D eigenvalue weighted by Gasteiger charge is -2.37. The molecule has 3 rings (SSSR count). The van der Waals surface area contributed by atoms with Crippen LogP contribution in [0.5, 0.6) is 0 Å². The molecule has 0 spiro atoms. The number of halogens is 1. The second kappa shape index (κ2) is 6.94. The van der Waals surface area contributed by atoms with Gasteiger partial charge in [-0.05, 0) is 36.4 Å². The zero-order valence-electron chi connectivity index (χ0n) is 15.3. The highest BCUT2D eigenvalue weighted by atomic mass is 19.1. The molecule has 2 heterocycles. The Balaban J connectivity index is 1.64. The zero-order valence-corrected chi connectivity index (χ0v) is 15.3. The normalized spacial score (nSPS) is 15.2. The van der Waals surface area contributed by atoms with Crippen LogP contribution in [0.15, 0.2) is 40.8 Å². The molecule has 2 amide bonds. The SMILES string of the molecule is CC(C)(C)C(=O)N1CCN(C(=O)c2ccc(-c3ccc(F)cc3)o2)CC1. The quantitative estimate of drug-likeness (QED) is 0.827. The Hall–Kier alpha value is -2.63. The summed E-state index contributed by atoms with van der Waals surface area (Å²) in [6.45, 7) is 7.69. The first-order chi connectivity index (χ1) is 12.3. The summed E-state index contributed by atoms with van der Waals surface area (Å²) in [6.07, 6.45) is 0. The monoisotopic (exact) mass is 358 g/mol. The maximum atomic E-state index is 13.0. The first-order valence-electron chi connectivity index (χ1n) is 8.70. The van der Waals surface area contributed by atoms with Crippen molar-refractivity contribution in [1.82, 2.24) is 9.80 Å². The van der Waals surface area contributed by atoms with Gasteiger partial charge in [0.25, 0.3) is 5.91 Å². The topological polar surface area (TPSA) is 53.8 Å². The van der Waals surface area contributed by atoms with Crippen LogP contribution in [0.4, 0.5) is 4.39 Å². The molecular weight excluding hydrogens is 335 g/mol. The molecular formula is C20H23FN2O3. The summed E-state index contributed by atoms with van der Waals surface area (Å²) < 4.78 is 18.7. The molecule has 138 valence electrons. The van der Waals surface area contributed by atoms with E-state index in [4.69, 9.17) is 4.42 Å². The number of carbonyl (C=O) groups excluding carboxylic acids is 2. The first kappa shape index (κ1) is 18.2. The summed E-state index contributed by atoms with van der Waals surface area (Å²) in [6, 6.07) is 9.27. The Morgan fingerprint density at radius 2 is 1.50 bits per heavy atom. The fraction of sp³-hybridized carbons (Fsp3) is 0.400. The van der Waals surface area contributed by atoms with Crippen molar-refractivity contribution in [3.05, 3.63) is 48.0 Å². The number of nitrogens with zero attached hydrogens (tertiary/aromatic N) is 2. The minimum Gasteiger partial charge on any atom is -0.451 e. The molecule has 0 N–H and O–H groups in total. The van der Waals surface area contributed by atoms with Gasteiger partial charge < -0.3 is 14.2 Å². The van der Waals surface area contributed by atoms with E-state index in [1.54, 1.807) is 34.1 Å². The van der Waals surface area contributed by atoms with Gasteiger partial charge in [-0.25, -0.2) is 4.39 Å². The van der Waals surface area contributed by atoms with E-state index < -0.39 is 5.41 Å². The van der Waals surface area contributed by atoms with Gasteiger partial charge in [-0.3, -0.25) is 9.59 Å². The molecule has 0 atom stereocenters. The summed E-state index contributed by atoms with van der Waals surface area (Å²) in [7, 11) is 0. The van der Waals surface area contributed by atoms with E-state index in [-0.39, 0.29) is 23.4 Å². The lowest BCUT2D eigenvalue weighted by atomic mass is 9.94. The van der Waals surface area contributed by atoms with Gasteiger partial charge in [0.1, 0.15) is 11.6 Å². The van der Waals surface area contributed by atoms with Crippen LogP contribution in [0.25, 0.3) is 11.3 Å². The van der Waals surface area contributed by atoms with Gasteiger partial charge in [-0.2, -0.15) is 0 Å². The number of amides is 2. The summed E-state index contributed by atoms with van der Waals surface area (Å²) in [5.41, 5.74) is 0.295. The fourth-order valence-electron chi connectivity index (χ4n) is 2.96. The number of benzene rings is 1. The summed E-state index contributed by atoms with van der Waals surface area (Å²) in [4.78, 5) is 28.5. The van der Waals surface area contributed by atoms with Crippen molar-refractivity contribution in [2.24, 2.45) is 5.41 Å². The van der Waals surface area contributed by atoms with Crippen LogP contribution in [0.3, 0.4) is 0 Å². The Morgan fingerprint density at radius 3 is 2.08 bits per heavy atom. The van der Waals surface area contributed by atoms with Crippen LogP contribution in [-0.4, -0.2) is 47.8 Å². The number of furan rings is 1. The third-order valence-corrected chi connectivity index (χ3v) is 4.44.